The zero-order chi connectivity index (χ0) is 24.7. The molecule has 3 rings (SSSR count). The van der Waals surface area contributed by atoms with Crippen LogP contribution in [0.25, 0.3) is 0 Å². The number of ether oxygens (including phenoxy) is 3. The highest BCUT2D eigenvalue weighted by atomic mass is 32.2. The number of rotatable bonds is 8. The lowest BCUT2D eigenvalue weighted by atomic mass is 10.2. The van der Waals surface area contributed by atoms with E-state index in [-0.39, 0.29) is 33.2 Å². The molecule has 2 aromatic carbocycles. The lowest BCUT2D eigenvalue weighted by Gasteiger charge is -2.15. The number of hydrogen-bond acceptors (Lipinski definition) is 8. The van der Waals surface area contributed by atoms with Gasteiger partial charge in [0.15, 0.2) is 0 Å². The summed E-state index contributed by atoms with van der Waals surface area (Å²) in [4.78, 5) is 28.2. The highest BCUT2D eigenvalue weighted by Gasteiger charge is 2.23. The predicted octanol–water partition coefficient (Wildman–Crippen LogP) is 1.98. The third-order valence-electron chi connectivity index (χ3n) is 4.60. The summed E-state index contributed by atoms with van der Waals surface area (Å²) < 4.78 is 44.2. The van der Waals surface area contributed by atoms with Crippen molar-refractivity contribution in [2.75, 3.05) is 26.1 Å². The Morgan fingerprint density at radius 2 is 1.41 bits per heavy atom. The van der Waals surface area contributed by atoms with Gasteiger partial charge < -0.3 is 14.2 Å². The van der Waals surface area contributed by atoms with E-state index in [0.29, 0.717) is 5.75 Å². The number of nitrogens with one attached hydrogen (secondary N) is 3. The minimum absolute atomic E-state index is 0.0114. The summed E-state index contributed by atoms with van der Waals surface area (Å²) in [6.45, 7) is 0. The molecular weight excluding hydrogens is 464 g/mol. The Balaban J connectivity index is 1.84. The fourth-order valence-corrected chi connectivity index (χ4v) is 4.14. The van der Waals surface area contributed by atoms with Gasteiger partial charge in [-0.3, -0.25) is 30.1 Å². The number of anilines is 1. The summed E-state index contributed by atoms with van der Waals surface area (Å²) >= 11 is 0. The number of methoxy groups -OCH3 is 3. The average molecular weight is 487 g/mol. The van der Waals surface area contributed by atoms with Gasteiger partial charge in [0, 0.05) is 29.6 Å². The highest BCUT2D eigenvalue weighted by Crippen LogP contribution is 2.33. The van der Waals surface area contributed by atoms with Gasteiger partial charge in [-0.05, 0) is 42.5 Å². The van der Waals surface area contributed by atoms with Crippen LogP contribution in [-0.4, -0.2) is 46.5 Å². The second kappa shape index (κ2) is 10.5. The first-order chi connectivity index (χ1) is 16.3. The van der Waals surface area contributed by atoms with E-state index in [9.17, 15) is 18.0 Å². The SMILES string of the molecule is COc1ccc(NS(=O)(=O)c2cc(C(=O)NNC(=O)c3ccncc3)ccc2OC)c(OC)c1. The van der Waals surface area contributed by atoms with Crippen LogP contribution in [0, 0.1) is 0 Å². The number of sulfonamides is 1. The molecule has 0 atom stereocenters. The number of amides is 2. The summed E-state index contributed by atoms with van der Waals surface area (Å²) in [5, 5.41) is 0. The first-order valence-corrected chi connectivity index (χ1v) is 11.2. The summed E-state index contributed by atoms with van der Waals surface area (Å²) in [5.41, 5.74) is 4.91. The average Bonchev–Trinajstić information content (AvgIpc) is 2.87. The number of pyridine rings is 1. The Morgan fingerprint density at radius 3 is 2.03 bits per heavy atom. The highest BCUT2D eigenvalue weighted by molar-refractivity contribution is 7.92. The van der Waals surface area contributed by atoms with E-state index >= 15 is 0 Å². The van der Waals surface area contributed by atoms with Crippen molar-refractivity contribution in [1.29, 1.82) is 0 Å². The molecule has 0 bridgehead atoms. The second-order valence-corrected chi connectivity index (χ2v) is 8.33. The van der Waals surface area contributed by atoms with Gasteiger partial charge in [-0.2, -0.15) is 0 Å². The smallest absolute Gasteiger partial charge is 0.269 e. The molecule has 12 heteroatoms. The first kappa shape index (κ1) is 24.3. The maximum absolute atomic E-state index is 13.1. The van der Waals surface area contributed by atoms with Gasteiger partial charge in [-0.25, -0.2) is 8.42 Å². The van der Waals surface area contributed by atoms with Crippen molar-refractivity contribution >= 4 is 27.5 Å². The molecule has 3 aromatic rings. The number of nitrogens with zero attached hydrogens (tertiary/aromatic N) is 1. The van der Waals surface area contributed by atoms with Gasteiger partial charge in [0.25, 0.3) is 21.8 Å². The van der Waals surface area contributed by atoms with Gasteiger partial charge in [-0.1, -0.05) is 0 Å². The van der Waals surface area contributed by atoms with E-state index in [1.807, 2.05) is 0 Å². The topological polar surface area (TPSA) is 145 Å². The Morgan fingerprint density at radius 1 is 0.765 bits per heavy atom. The third-order valence-corrected chi connectivity index (χ3v) is 5.99. The maximum Gasteiger partial charge on any atom is 0.269 e. The molecule has 0 fully saturated rings. The summed E-state index contributed by atoms with van der Waals surface area (Å²) in [6.07, 6.45) is 2.87. The van der Waals surface area contributed by atoms with Crippen LogP contribution in [0.15, 0.2) is 65.8 Å². The molecule has 1 heterocycles. The number of hydrogen-bond donors (Lipinski definition) is 3. The first-order valence-electron chi connectivity index (χ1n) is 9.72. The van der Waals surface area contributed by atoms with Crippen LogP contribution >= 0.6 is 0 Å². The maximum atomic E-state index is 13.1. The third kappa shape index (κ3) is 5.53. The number of carbonyl (C=O) groups excluding carboxylic acids is 2. The molecule has 0 aliphatic rings. The number of aromatic nitrogens is 1. The normalized spacial score (nSPS) is 10.7. The van der Waals surface area contributed by atoms with E-state index in [2.05, 4.69) is 20.6 Å². The van der Waals surface area contributed by atoms with E-state index in [0.717, 1.165) is 6.07 Å². The molecule has 34 heavy (non-hydrogen) atoms. The predicted molar refractivity (Wildman–Crippen MR) is 123 cm³/mol. The van der Waals surface area contributed by atoms with Crippen LogP contribution in [0.2, 0.25) is 0 Å². The van der Waals surface area contributed by atoms with E-state index in [1.54, 1.807) is 6.07 Å². The van der Waals surface area contributed by atoms with Crippen molar-refractivity contribution in [1.82, 2.24) is 15.8 Å². The van der Waals surface area contributed by atoms with Crippen LogP contribution in [0.3, 0.4) is 0 Å². The van der Waals surface area contributed by atoms with Crippen molar-refractivity contribution < 1.29 is 32.2 Å². The monoisotopic (exact) mass is 486 g/mol. The molecule has 3 N–H and O–H groups in total. The number of hydrazine groups is 1. The Hall–Kier alpha value is -4.32. The minimum atomic E-state index is -4.21. The molecule has 0 saturated heterocycles. The molecule has 0 aliphatic carbocycles. The quantitative estimate of drug-likeness (QED) is 0.410. The lowest BCUT2D eigenvalue weighted by Crippen LogP contribution is -2.41. The van der Waals surface area contributed by atoms with E-state index in [1.165, 1.54) is 70.1 Å². The van der Waals surface area contributed by atoms with Gasteiger partial charge in [-0.15, -0.1) is 0 Å². The fourth-order valence-electron chi connectivity index (χ4n) is 2.87. The molecule has 0 saturated carbocycles. The molecule has 0 spiro atoms. The molecule has 1 aromatic heterocycles. The molecule has 11 nitrogen and oxygen atoms in total. The van der Waals surface area contributed by atoms with E-state index in [4.69, 9.17) is 14.2 Å². The molecule has 0 radical (unpaired) electrons. The molecular formula is C22H22N4O7S. The minimum Gasteiger partial charge on any atom is -0.497 e. The van der Waals surface area contributed by atoms with Crippen LogP contribution in [-0.2, 0) is 10.0 Å². The molecule has 0 aliphatic heterocycles. The molecule has 178 valence electrons. The number of benzene rings is 2. The Labute approximate surface area is 196 Å². The summed E-state index contributed by atoms with van der Waals surface area (Å²) in [6, 6.07) is 11.3. The van der Waals surface area contributed by atoms with Crippen molar-refractivity contribution in [2.24, 2.45) is 0 Å². The van der Waals surface area contributed by atoms with Crippen LogP contribution in [0.1, 0.15) is 20.7 Å². The Bertz CT molecular complexity index is 1300. The fraction of sp³-hybridized carbons (Fsp3) is 0.136. The van der Waals surface area contributed by atoms with Crippen molar-refractivity contribution in [3.63, 3.8) is 0 Å². The van der Waals surface area contributed by atoms with Gasteiger partial charge in [0.2, 0.25) is 0 Å². The Kier molecular flexibility index (Phi) is 7.53. The zero-order valence-corrected chi connectivity index (χ0v) is 19.3. The standard InChI is InChI=1S/C22H22N4O7S/c1-31-16-5-6-17(19(13-16)33-3)26-34(29,30)20-12-15(4-7-18(20)32-2)22(28)25-24-21(27)14-8-10-23-11-9-14/h4-13,26H,1-3H3,(H,24,27)(H,25,28). The lowest BCUT2D eigenvalue weighted by molar-refractivity contribution is 0.0846. The van der Waals surface area contributed by atoms with Crippen molar-refractivity contribution in [2.45, 2.75) is 4.90 Å². The summed E-state index contributed by atoms with van der Waals surface area (Å²) in [5.74, 6) is -0.578. The second-order valence-electron chi connectivity index (χ2n) is 6.68. The summed E-state index contributed by atoms with van der Waals surface area (Å²) in [7, 11) is -0.0470. The number of carbonyl (C=O) groups is 2. The van der Waals surface area contributed by atoms with Gasteiger partial charge >= 0.3 is 0 Å². The largest absolute Gasteiger partial charge is 0.497 e. The van der Waals surface area contributed by atoms with Crippen LogP contribution < -0.4 is 29.8 Å². The zero-order valence-electron chi connectivity index (χ0n) is 18.5. The van der Waals surface area contributed by atoms with Crippen molar-refractivity contribution in [3.8, 4) is 17.2 Å². The molecule has 0 unspecified atom stereocenters. The van der Waals surface area contributed by atoms with Gasteiger partial charge in [0.1, 0.15) is 22.1 Å². The van der Waals surface area contributed by atoms with Gasteiger partial charge in [0.05, 0.1) is 27.0 Å². The molecule has 2 amide bonds. The van der Waals surface area contributed by atoms with Crippen LogP contribution in [0.4, 0.5) is 5.69 Å². The van der Waals surface area contributed by atoms with Crippen molar-refractivity contribution in [3.05, 3.63) is 72.1 Å². The van der Waals surface area contributed by atoms with Crippen LogP contribution in [0.5, 0.6) is 17.2 Å². The van der Waals surface area contributed by atoms with E-state index < -0.39 is 21.8 Å².